The fraction of sp³-hybridized carbons (Fsp3) is 0.500. The van der Waals surface area contributed by atoms with Crippen LogP contribution >= 0.6 is 0 Å². The van der Waals surface area contributed by atoms with E-state index in [0.29, 0.717) is 30.1 Å². The lowest BCUT2D eigenvalue weighted by Crippen LogP contribution is -2.26. The van der Waals surface area contributed by atoms with Crippen LogP contribution in [-0.4, -0.2) is 12.2 Å². The van der Waals surface area contributed by atoms with E-state index >= 15 is 0 Å². The van der Waals surface area contributed by atoms with Gasteiger partial charge in [-0.25, -0.2) is 8.78 Å². The zero-order valence-corrected chi connectivity index (χ0v) is 18.9. The molecule has 0 aromatic heterocycles. The minimum atomic E-state index is -1.09. The third-order valence-corrected chi connectivity index (χ3v) is 5.96. The molecule has 1 aliphatic carbocycles. The van der Waals surface area contributed by atoms with Gasteiger partial charge in [0.15, 0.2) is 28.7 Å². The van der Waals surface area contributed by atoms with Gasteiger partial charge in [-0.05, 0) is 85.8 Å². The second kappa shape index (κ2) is 9.26. The van der Waals surface area contributed by atoms with E-state index in [4.69, 9.17) is 14.7 Å². The van der Waals surface area contributed by atoms with E-state index in [1.54, 1.807) is 38.1 Å². The molecule has 3 unspecified atom stereocenters. The van der Waals surface area contributed by atoms with Gasteiger partial charge < -0.3 is 9.47 Å². The number of nitrogens with zero attached hydrogens (tertiary/aromatic N) is 1. The normalized spacial score (nSPS) is 19.1. The van der Waals surface area contributed by atoms with Crippen LogP contribution < -0.4 is 9.47 Å². The number of hydrogen-bond donors (Lipinski definition) is 0. The average Bonchev–Trinajstić information content (AvgIpc) is 3.46. The van der Waals surface area contributed by atoms with Crippen molar-refractivity contribution in [1.29, 1.82) is 5.26 Å². The second-order valence-electron chi connectivity index (χ2n) is 9.46. The summed E-state index contributed by atoms with van der Waals surface area (Å²) in [4.78, 5) is 0. The van der Waals surface area contributed by atoms with Gasteiger partial charge in [0.1, 0.15) is 6.07 Å². The number of ether oxygens (including phenoxy) is 2. The summed E-state index contributed by atoms with van der Waals surface area (Å²) in [5, 5.41) is 9.14. The van der Waals surface area contributed by atoms with E-state index in [2.05, 4.69) is 20.8 Å². The molecule has 1 saturated carbocycles. The standard InChI is InChI=1S/C26H31F2NO2/c1-16(2)18-6-8-22(27)24(12-18)30-14-21-11-20(21)10-17(3)19-7-9-23(28)25(13-19)31-26(4,5)15-29/h6-9,12-13,16-17,20-21H,10-11,14H2,1-5H3. The second-order valence-corrected chi connectivity index (χ2v) is 9.46. The third-order valence-electron chi connectivity index (χ3n) is 5.96. The van der Waals surface area contributed by atoms with Gasteiger partial charge in [0, 0.05) is 0 Å². The molecule has 0 N–H and O–H groups in total. The monoisotopic (exact) mass is 427 g/mol. The lowest BCUT2D eigenvalue weighted by atomic mass is 9.94. The summed E-state index contributed by atoms with van der Waals surface area (Å²) < 4.78 is 39.5. The molecule has 0 heterocycles. The highest BCUT2D eigenvalue weighted by Crippen LogP contribution is 2.45. The van der Waals surface area contributed by atoms with Crippen molar-refractivity contribution in [1.82, 2.24) is 0 Å². The SMILES string of the molecule is CC(C)c1ccc(F)c(OCC2CC2CC(C)c2ccc(F)c(OC(C)(C)C#N)c2)c1. The van der Waals surface area contributed by atoms with Crippen molar-refractivity contribution in [3.63, 3.8) is 0 Å². The first kappa shape index (κ1) is 23.1. The van der Waals surface area contributed by atoms with Crippen molar-refractivity contribution < 1.29 is 18.3 Å². The Labute approximate surface area is 184 Å². The first-order valence-corrected chi connectivity index (χ1v) is 10.9. The molecule has 31 heavy (non-hydrogen) atoms. The van der Waals surface area contributed by atoms with Gasteiger partial charge in [0.2, 0.25) is 0 Å². The molecule has 0 bridgehead atoms. The lowest BCUT2D eigenvalue weighted by Gasteiger charge is -2.20. The summed E-state index contributed by atoms with van der Waals surface area (Å²) in [5.74, 6) is 1.06. The maximum Gasteiger partial charge on any atom is 0.188 e. The Morgan fingerprint density at radius 3 is 2.26 bits per heavy atom. The van der Waals surface area contributed by atoms with E-state index in [1.165, 1.54) is 12.1 Å². The van der Waals surface area contributed by atoms with Crippen molar-refractivity contribution in [2.24, 2.45) is 11.8 Å². The van der Waals surface area contributed by atoms with Crippen molar-refractivity contribution in [3.05, 3.63) is 59.2 Å². The Hall–Kier alpha value is -2.61. The highest BCUT2D eigenvalue weighted by molar-refractivity contribution is 5.34. The molecule has 0 amide bonds. The zero-order valence-electron chi connectivity index (χ0n) is 18.9. The lowest BCUT2D eigenvalue weighted by molar-refractivity contribution is 0.161. The van der Waals surface area contributed by atoms with E-state index in [0.717, 1.165) is 24.0 Å². The maximum atomic E-state index is 14.1. The molecule has 3 rings (SSSR count). The molecular weight excluding hydrogens is 396 g/mol. The molecule has 0 spiro atoms. The molecular formula is C26H31F2NO2. The first-order valence-electron chi connectivity index (χ1n) is 10.9. The predicted octanol–water partition coefficient (Wildman–Crippen LogP) is 6.98. The fourth-order valence-corrected chi connectivity index (χ4v) is 3.78. The van der Waals surface area contributed by atoms with E-state index < -0.39 is 11.4 Å². The molecule has 1 aliphatic rings. The van der Waals surface area contributed by atoms with E-state index in [1.807, 2.05) is 6.07 Å². The summed E-state index contributed by atoms with van der Waals surface area (Å²) in [6, 6.07) is 11.9. The van der Waals surface area contributed by atoms with Crippen molar-refractivity contribution >= 4 is 0 Å². The van der Waals surface area contributed by atoms with Crippen molar-refractivity contribution in [2.45, 2.75) is 64.9 Å². The number of rotatable bonds is 9. The van der Waals surface area contributed by atoms with Gasteiger partial charge in [-0.1, -0.05) is 32.9 Å². The van der Waals surface area contributed by atoms with Crippen LogP contribution in [0.15, 0.2) is 36.4 Å². The Morgan fingerprint density at radius 1 is 1.00 bits per heavy atom. The topological polar surface area (TPSA) is 42.2 Å². The molecule has 3 nitrogen and oxygen atoms in total. The van der Waals surface area contributed by atoms with Crippen LogP contribution in [0.1, 0.15) is 70.4 Å². The summed E-state index contributed by atoms with van der Waals surface area (Å²) in [7, 11) is 0. The molecule has 0 radical (unpaired) electrons. The predicted molar refractivity (Wildman–Crippen MR) is 117 cm³/mol. The minimum absolute atomic E-state index is 0.104. The number of halogens is 2. The highest BCUT2D eigenvalue weighted by Gasteiger charge is 2.38. The van der Waals surface area contributed by atoms with Crippen LogP contribution in [0.4, 0.5) is 8.78 Å². The Balaban J connectivity index is 1.56. The third kappa shape index (κ3) is 5.97. The van der Waals surface area contributed by atoms with Gasteiger partial charge in [-0.15, -0.1) is 0 Å². The van der Waals surface area contributed by atoms with Gasteiger partial charge in [0.25, 0.3) is 0 Å². The molecule has 1 fully saturated rings. The number of nitriles is 1. The minimum Gasteiger partial charge on any atom is -0.490 e. The zero-order chi connectivity index (χ0) is 22.8. The number of benzene rings is 2. The fourth-order valence-electron chi connectivity index (χ4n) is 3.78. The molecule has 3 atom stereocenters. The van der Waals surface area contributed by atoms with Crippen molar-refractivity contribution in [2.75, 3.05) is 6.61 Å². The highest BCUT2D eigenvalue weighted by atomic mass is 19.1. The van der Waals surface area contributed by atoms with Gasteiger partial charge in [-0.2, -0.15) is 5.26 Å². The van der Waals surface area contributed by atoms with Crippen molar-refractivity contribution in [3.8, 4) is 17.6 Å². The van der Waals surface area contributed by atoms with Gasteiger partial charge in [0.05, 0.1) is 6.61 Å². The van der Waals surface area contributed by atoms with Crippen LogP contribution in [0.25, 0.3) is 0 Å². The van der Waals surface area contributed by atoms with Crippen LogP contribution in [0, 0.1) is 34.8 Å². The molecule has 2 aromatic carbocycles. The molecule has 0 aliphatic heterocycles. The quantitative estimate of drug-likeness (QED) is 0.434. The number of hydrogen-bond acceptors (Lipinski definition) is 3. The molecule has 5 heteroatoms. The Kier molecular flexibility index (Phi) is 6.89. The molecule has 0 saturated heterocycles. The van der Waals surface area contributed by atoms with Crippen LogP contribution in [-0.2, 0) is 0 Å². The average molecular weight is 428 g/mol. The van der Waals surface area contributed by atoms with Gasteiger partial charge in [-0.3, -0.25) is 0 Å². The van der Waals surface area contributed by atoms with E-state index in [9.17, 15) is 8.78 Å². The summed E-state index contributed by atoms with van der Waals surface area (Å²) in [6.07, 6.45) is 1.98. The first-order chi connectivity index (χ1) is 14.6. The smallest absolute Gasteiger partial charge is 0.188 e. The van der Waals surface area contributed by atoms with E-state index in [-0.39, 0.29) is 17.5 Å². The van der Waals surface area contributed by atoms with Crippen LogP contribution in [0.3, 0.4) is 0 Å². The summed E-state index contributed by atoms with van der Waals surface area (Å²) >= 11 is 0. The Bertz CT molecular complexity index is 964. The van der Waals surface area contributed by atoms with Crippen LogP contribution in [0.5, 0.6) is 11.5 Å². The molecule has 2 aromatic rings. The van der Waals surface area contributed by atoms with Gasteiger partial charge >= 0.3 is 0 Å². The molecule has 166 valence electrons. The summed E-state index contributed by atoms with van der Waals surface area (Å²) in [6.45, 7) is 9.97. The van der Waals surface area contributed by atoms with Crippen LogP contribution in [0.2, 0.25) is 0 Å². The maximum absolute atomic E-state index is 14.1. The summed E-state index contributed by atoms with van der Waals surface area (Å²) in [5.41, 5.74) is 0.947. The largest absolute Gasteiger partial charge is 0.490 e. The Morgan fingerprint density at radius 2 is 1.61 bits per heavy atom.